The van der Waals surface area contributed by atoms with Crippen LogP contribution in [0.25, 0.3) is 11.0 Å². The standard InChI is InChI=1S/C15H21FN2O2/c1-9(6-7-19-3)14(18-17)15-10(2)12-8-11(16)4-5-13(12)20-15/h4-5,8-9,14,18H,6-7,17H2,1-3H3. The number of methoxy groups -OCH3 is 1. The molecule has 0 amide bonds. The maximum absolute atomic E-state index is 13.3. The third kappa shape index (κ3) is 2.85. The number of furan rings is 1. The minimum Gasteiger partial charge on any atom is -0.459 e. The van der Waals surface area contributed by atoms with Gasteiger partial charge in [-0.3, -0.25) is 5.84 Å². The van der Waals surface area contributed by atoms with Gasteiger partial charge in [0.2, 0.25) is 0 Å². The minimum absolute atomic E-state index is 0.124. The van der Waals surface area contributed by atoms with Crippen LogP contribution in [0.5, 0.6) is 0 Å². The Hall–Kier alpha value is -1.43. The van der Waals surface area contributed by atoms with Crippen LogP contribution in [0.2, 0.25) is 0 Å². The molecule has 0 aliphatic rings. The van der Waals surface area contributed by atoms with Gasteiger partial charge in [0, 0.05) is 24.7 Å². The summed E-state index contributed by atoms with van der Waals surface area (Å²) in [6.07, 6.45) is 0.857. The highest BCUT2D eigenvalue weighted by atomic mass is 19.1. The van der Waals surface area contributed by atoms with E-state index in [0.717, 1.165) is 23.1 Å². The van der Waals surface area contributed by atoms with Crippen LogP contribution in [0.15, 0.2) is 22.6 Å². The summed E-state index contributed by atoms with van der Waals surface area (Å²) in [5.41, 5.74) is 4.40. The largest absolute Gasteiger partial charge is 0.459 e. The Morgan fingerprint density at radius 1 is 1.45 bits per heavy atom. The van der Waals surface area contributed by atoms with Crippen molar-refractivity contribution in [2.24, 2.45) is 11.8 Å². The summed E-state index contributed by atoms with van der Waals surface area (Å²) in [5, 5.41) is 0.791. The molecular formula is C15H21FN2O2. The number of fused-ring (bicyclic) bond motifs is 1. The van der Waals surface area contributed by atoms with Crippen LogP contribution >= 0.6 is 0 Å². The molecule has 2 rings (SSSR count). The van der Waals surface area contributed by atoms with E-state index in [-0.39, 0.29) is 17.8 Å². The molecule has 0 fully saturated rings. The molecule has 20 heavy (non-hydrogen) atoms. The number of hydrogen-bond donors (Lipinski definition) is 2. The minimum atomic E-state index is -0.266. The van der Waals surface area contributed by atoms with E-state index in [1.54, 1.807) is 13.2 Å². The molecule has 0 aliphatic carbocycles. The average molecular weight is 280 g/mol. The zero-order valence-corrected chi connectivity index (χ0v) is 12.1. The van der Waals surface area contributed by atoms with Gasteiger partial charge in [-0.1, -0.05) is 6.92 Å². The van der Waals surface area contributed by atoms with Gasteiger partial charge >= 0.3 is 0 Å². The zero-order valence-electron chi connectivity index (χ0n) is 12.1. The van der Waals surface area contributed by atoms with Crippen LogP contribution in [0.4, 0.5) is 4.39 Å². The zero-order chi connectivity index (χ0) is 14.7. The molecule has 1 aromatic carbocycles. The van der Waals surface area contributed by atoms with Gasteiger partial charge < -0.3 is 9.15 Å². The fourth-order valence-corrected chi connectivity index (χ4v) is 2.48. The highest BCUT2D eigenvalue weighted by molar-refractivity contribution is 5.82. The molecule has 0 spiro atoms. The third-order valence-corrected chi connectivity index (χ3v) is 3.74. The molecule has 1 heterocycles. The normalized spacial score (nSPS) is 14.7. The first-order valence-electron chi connectivity index (χ1n) is 6.72. The summed E-state index contributed by atoms with van der Waals surface area (Å²) < 4.78 is 24.3. The number of aryl methyl sites for hydroxylation is 1. The second-order valence-corrected chi connectivity index (χ2v) is 5.13. The molecule has 5 heteroatoms. The van der Waals surface area contributed by atoms with E-state index in [2.05, 4.69) is 12.3 Å². The molecule has 0 bridgehead atoms. The van der Waals surface area contributed by atoms with Gasteiger partial charge in [-0.15, -0.1) is 0 Å². The van der Waals surface area contributed by atoms with E-state index in [9.17, 15) is 4.39 Å². The number of rotatable bonds is 6. The average Bonchev–Trinajstić information content (AvgIpc) is 2.75. The Labute approximate surface area is 118 Å². The molecule has 2 atom stereocenters. The molecule has 4 nitrogen and oxygen atoms in total. The summed E-state index contributed by atoms with van der Waals surface area (Å²) in [7, 11) is 1.67. The van der Waals surface area contributed by atoms with Crippen molar-refractivity contribution in [3.8, 4) is 0 Å². The van der Waals surface area contributed by atoms with E-state index in [4.69, 9.17) is 15.0 Å². The van der Waals surface area contributed by atoms with Gasteiger partial charge in [0.1, 0.15) is 17.2 Å². The van der Waals surface area contributed by atoms with E-state index in [1.807, 2.05) is 6.92 Å². The number of hydrazine groups is 1. The fourth-order valence-electron chi connectivity index (χ4n) is 2.48. The topological polar surface area (TPSA) is 60.4 Å². The SMILES string of the molecule is COCCC(C)C(NN)c1oc2ccc(F)cc2c1C. The number of hydrogen-bond acceptors (Lipinski definition) is 4. The smallest absolute Gasteiger partial charge is 0.134 e. The van der Waals surface area contributed by atoms with E-state index in [0.29, 0.717) is 12.2 Å². The predicted molar refractivity (Wildman–Crippen MR) is 76.6 cm³/mol. The summed E-state index contributed by atoms with van der Waals surface area (Å²) in [4.78, 5) is 0. The quantitative estimate of drug-likeness (QED) is 0.630. The molecule has 2 unspecified atom stereocenters. The lowest BCUT2D eigenvalue weighted by atomic mass is 9.94. The van der Waals surface area contributed by atoms with Crippen molar-refractivity contribution < 1.29 is 13.5 Å². The van der Waals surface area contributed by atoms with Crippen LogP contribution in [-0.2, 0) is 4.74 Å². The van der Waals surface area contributed by atoms with Crippen LogP contribution < -0.4 is 11.3 Å². The lowest BCUT2D eigenvalue weighted by Crippen LogP contribution is -2.33. The molecule has 3 N–H and O–H groups in total. The van der Waals surface area contributed by atoms with E-state index < -0.39 is 0 Å². The van der Waals surface area contributed by atoms with Gasteiger partial charge in [0.15, 0.2) is 0 Å². The van der Waals surface area contributed by atoms with Gasteiger partial charge in [-0.2, -0.15) is 0 Å². The molecule has 0 saturated heterocycles. The first kappa shape index (κ1) is 15.0. The van der Waals surface area contributed by atoms with Crippen molar-refractivity contribution in [2.75, 3.05) is 13.7 Å². The Bertz CT molecular complexity index is 583. The summed E-state index contributed by atoms with van der Waals surface area (Å²) >= 11 is 0. The van der Waals surface area contributed by atoms with Crippen LogP contribution in [0, 0.1) is 18.7 Å². The first-order chi connectivity index (χ1) is 9.58. The van der Waals surface area contributed by atoms with Crippen molar-refractivity contribution in [2.45, 2.75) is 26.3 Å². The predicted octanol–water partition coefficient (Wildman–Crippen LogP) is 3.06. The first-order valence-corrected chi connectivity index (χ1v) is 6.72. The fraction of sp³-hybridized carbons (Fsp3) is 0.467. The Kier molecular flexibility index (Phi) is 4.75. The summed E-state index contributed by atoms with van der Waals surface area (Å²) in [6, 6.07) is 4.41. The Morgan fingerprint density at radius 3 is 2.85 bits per heavy atom. The van der Waals surface area contributed by atoms with E-state index >= 15 is 0 Å². The molecule has 110 valence electrons. The summed E-state index contributed by atoms with van der Waals surface area (Å²) in [5.74, 6) is 6.41. The van der Waals surface area contributed by atoms with Gasteiger partial charge in [0.05, 0.1) is 6.04 Å². The molecule has 1 aromatic heterocycles. The molecule has 2 aromatic rings. The van der Waals surface area contributed by atoms with Crippen molar-refractivity contribution in [1.29, 1.82) is 0 Å². The lowest BCUT2D eigenvalue weighted by molar-refractivity contribution is 0.167. The number of nitrogens with one attached hydrogen (secondary N) is 1. The van der Waals surface area contributed by atoms with Gasteiger partial charge in [0.25, 0.3) is 0 Å². The number of benzene rings is 1. The van der Waals surface area contributed by atoms with E-state index in [1.165, 1.54) is 12.1 Å². The van der Waals surface area contributed by atoms with Crippen LogP contribution in [-0.4, -0.2) is 13.7 Å². The Balaban J connectivity index is 2.36. The van der Waals surface area contributed by atoms with Gasteiger partial charge in [-0.25, -0.2) is 9.82 Å². The lowest BCUT2D eigenvalue weighted by Gasteiger charge is -2.21. The van der Waals surface area contributed by atoms with Crippen molar-refractivity contribution in [3.05, 3.63) is 35.3 Å². The van der Waals surface area contributed by atoms with Crippen molar-refractivity contribution in [3.63, 3.8) is 0 Å². The highest BCUT2D eigenvalue weighted by Crippen LogP contribution is 2.33. The second-order valence-electron chi connectivity index (χ2n) is 5.13. The maximum Gasteiger partial charge on any atom is 0.134 e. The number of halogens is 1. The third-order valence-electron chi connectivity index (χ3n) is 3.74. The monoisotopic (exact) mass is 280 g/mol. The second kappa shape index (κ2) is 6.35. The van der Waals surface area contributed by atoms with Crippen molar-refractivity contribution >= 4 is 11.0 Å². The summed E-state index contributed by atoms with van der Waals surface area (Å²) in [6.45, 7) is 4.66. The molecule has 0 aliphatic heterocycles. The molecule has 0 saturated carbocycles. The molecule has 0 radical (unpaired) electrons. The van der Waals surface area contributed by atoms with Crippen molar-refractivity contribution in [1.82, 2.24) is 5.43 Å². The van der Waals surface area contributed by atoms with Gasteiger partial charge in [-0.05, 0) is 37.5 Å². The van der Waals surface area contributed by atoms with Crippen LogP contribution in [0.3, 0.4) is 0 Å². The van der Waals surface area contributed by atoms with Crippen LogP contribution in [0.1, 0.15) is 30.7 Å². The molecular weight excluding hydrogens is 259 g/mol. The maximum atomic E-state index is 13.3. The highest BCUT2D eigenvalue weighted by Gasteiger charge is 2.24. The number of ether oxygens (including phenoxy) is 1. The Morgan fingerprint density at radius 2 is 2.20 bits per heavy atom. The number of nitrogens with two attached hydrogens (primary N) is 1.